The van der Waals surface area contributed by atoms with E-state index >= 15 is 0 Å². The van der Waals surface area contributed by atoms with E-state index in [4.69, 9.17) is 23.7 Å². The fraction of sp³-hybridized carbons (Fsp3) is 0.484. The van der Waals surface area contributed by atoms with E-state index in [0.29, 0.717) is 68.5 Å². The molecule has 0 aliphatic carbocycles. The highest BCUT2D eigenvalue weighted by Crippen LogP contribution is 2.31. The summed E-state index contributed by atoms with van der Waals surface area (Å²) in [5.41, 5.74) is 0.833. The summed E-state index contributed by atoms with van der Waals surface area (Å²) >= 11 is 0. The lowest BCUT2D eigenvalue weighted by Crippen LogP contribution is -2.49. The number of hydrogen-bond acceptors (Lipinski definition) is 9. The SMILES string of the molecule is CC(C)(C)OC(=O)N1C(=O)CCC(c2ccc(OCCOCCOCCCC(=O)OCc3ccccc3)cc2)C1=O. The zero-order chi connectivity index (χ0) is 29.7. The predicted molar refractivity (Wildman–Crippen MR) is 149 cm³/mol. The summed E-state index contributed by atoms with van der Waals surface area (Å²) in [5.74, 6) is -1.39. The van der Waals surface area contributed by atoms with Crippen LogP contribution < -0.4 is 4.74 Å². The Balaban J connectivity index is 1.26. The minimum Gasteiger partial charge on any atom is -0.491 e. The number of hydrogen-bond donors (Lipinski definition) is 0. The van der Waals surface area contributed by atoms with Crippen LogP contribution in [0.2, 0.25) is 0 Å². The number of piperidine rings is 1. The monoisotopic (exact) mass is 569 g/mol. The van der Waals surface area contributed by atoms with Crippen molar-refractivity contribution in [1.29, 1.82) is 0 Å². The number of ether oxygens (including phenoxy) is 5. The zero-order valence-electron chi connectivity index (χ0n) is 24.0. The van der Waals surface area contributed by atoms with Crippen molar-refractivity contribution >= 4 is 23.9 Å². The van der Waals surface area contributed by atoms with E-state index in [1.165, 1.54) is 0 Å². The lowest BCUT2D eigenvalue weighted by atomic mass is 9.89. The van der Waals surface area contributed by atoms with Crippen LogP contribution in [0.3, 0.4) is 0 Å². The number of benzene rings is 2. The maximum atomic E-state index is 12.9. The van der Waals surface area contributed by atoms with E-state index in [-0.39, 0.29) is 19.0 Å². The zero-order valence-corrected chi connectivity index (χ0v) is 24.0. The molecule has 3 rings (SSSR count). The van der Waals surface area contributed by atoms with Crippen LogP contribution in [-0.4, -0.2) is 67.4 Å². The maximum Gasteiger partial charge on any atom is 0.424 e. The molecule has 0 spiro atoms. The number of rotatable bonds is 14. The smallest absolute Gasteiger partial charge is 0.424 e. The molecule has 0 saturated carbocycles. The van der Waals surface area contributed by atoms with Crippen molar-refractivity contribution in [1.82, 2.24) is 4.90 Å². The molecule has 3 amide bonds. The first-order valence-electron chi connectivity index (χ1n) is 13.8. The van der Waals surface area contributed by atoms with Gasteiger partial charge in [0, 0.05) is 19.4 Å². The van der Waals surface area contributed by atoms with E-state index in [1.807, 2.05) is 30.3 Å². The van der Waals surface area contributed by atoms with Gasteiger partial charge in [-0.25, -0.2) is 4.79 Å². The van der Waals surface area contributed by atoms with Gasteiger partial charge in [0.25, 0.3) is 0 Å². The van der Waals surface area contributed by atoms with Gasteiger partial charge in [-0.05, 0) is 56.9 Å². The molecular weight excluding hydrogens is 530 g/mol. The number of imide groups is 3. The van der Waals surface area contributed by atoms with E-state index in [1.54, 1.807) is 45.0 Å². The summed E-state index contributed by atoms with van der Waals surface area (Å²) in [6.07, 6.45) is 0.340. The van der Waals surface area contributed by atoms with Gasteiger partial charge in [0.05, 0.1) is 25.7 Å². The van der Waals surface area contributed by atoms with Gasteiger partial charge in [-0.15, -0.1) is 0 Å². The third kappa shape index (κ3) is 11.0. The van der Waals surface area contributed by atoms with Gasteiger partial charge in [0.15, 0.2) is 0 Å². The fourth-order valence-electron chi connectivity index (χ4n) is 4.06. The Bertz CT molecular complexity index is 1140. The number of nitrogens with zero attached hydrogens (tertiary/aromatic N) is 1. The quantitative estimate of drug-likeness (QED) is 0.180. The van der Waals surface area contributed by atoms with Crippen LogP contribution in [0.15, 0.2) is 54.6 Å². The second kappa shape index (κ2) is 15.9. The Hall–Kier alpha value is -3.76. The molecule has 1 saturated heterocycles. The first kappa shape index (κ1) is 31.8. The summed E-state index contributed by atoms with van der Waals surface area (Å²) in [6, 6.07) is 16.5. The van der Waals surface area contributed by atoms with Gasteiger partial charge in [-0.1, -0.05) is 42.5 Å². The maximum absolute atomic E-state index is 12.9. The highest BCUT2D eigenvalue weighted by atomic mass is 16.6. The molecule has 2 aromatic carbocycles. The molecule has 1 aliphatic heterocycles. The second-order valence-corrected chi connectivity index (χ2v) is 10.5. The average molecular weight is 570 g/mol. The van der Waals surface area contributed by atoms with Crippen molar-refractivity contribution in [3.63, 3.8) is 0 Å². The Kier molecular flexibility index (Phi) is 12.3. The molecule has 0 radical (unpaired) electrons. The number of carbonyl (C=O) groups is 4. The first-order valence-corrected chi connectivity index (χ1v) is 13.8. The predicted octanol–water partition coefficient (Wildman–Crippen LogP) is 4.79. The number of likely N-dealkylation sites (tertiary alicyclic amines) is 1. The molecule has 0 aromatic heterocycles. The lowest BCUT2D eigenvalue weighted by molar-refractivity contribution is -0.148. The van der Waals surface area contributed by atoms with E-state index in [0.717, 1.165) is 5.56 Å². The van der Waals surface area contributed by atoms with Crippen molar-refractivity contribution in [3.8, 4) is 5.75 Å². The Morgan fingerprint density at radius 2 is 1.54 bits per heavy atom. The highest BCUT2D eigenvalue weighted by molar-refractivity contribution is 6.12. The van der Waals surface area contributed by atoms with Crippen molar-refractivity contribution < 1.29 is 42.9 Å². The number of amides is 3. The fourth-order valence-corrected chi connectivity index (χ4v) is 4.06. The Labute approximate surface area is 240 Å². The van der Waals surface area contributed by atoms with Crippen molar-refractivity contribution in [2.24, 2.45) is 0 Å². The van der Waals surface area contributed by atoms with Gasteiger partial charge in [0.2, 0.25) is 11.8 Å². The molecule has 0 N–H and O–H groups in total. The molecule has 222 valence electrons. The molecule has 1 atom stereocenters. The minimum absolute atomic E-state index is 0.0796. The molecule has 1 unspecified atom stereocenters. The van der Waals surface area contributed by atoms with E-state index in [9.17, 15) is 19.2 Å². The minimum atomic E-state index is -0.943. The van der Waals surface area contributed by atoms with Crippen LogP contribution >= 0.6 is 0 Å². The molecule has 10 heteroatoms. The Morgan fingerprint density at radius 1 is 0.878 bits per heavy atom. The molecule has 0 bridgehead atoms. The molecular formula is C31H39NO9. The second-order valence-electron chi connectivity index (χ2n) is 10.5. The summed E-state index contributed by atoms with van der Waals surface area (Å²) in [4.78, 5) is 50.0. The van der Waals surface area contributed by atoms with E-state index < -0.39 is 29.4 Å². The van der Waals surface area contributed by atoms with Gasteiger partial charge in [0.1, 0.15) is 24.6 Å². The van der Waals surface area contributed by atoms with Crippen molar-refractivity contribution in [2.75, 3.05) is 33.0 Å². The molecule has 1 aliphatic rings. The molecule has 1 fully saturated rings. The topological polar surface area (TPSA) is 118 Å². The molecule has 1 heterocycles. The van der Waals surface area contributed by atoms with Crippen LogP contribution in [0.1, 0.15) is 63.5 Å². The van der Waals surface area contributed by atoms with Crippen molar-refractivity contribution in [2.45, 2.75) is 64.6 Å². The van der Waals surface area contributed by atoms with Crippen molar-refractivity contribution in [3.05, 3.63) is 65.7 Å². The molecule has 2 aromatic rings. The van der Waals surface area contributed by atoms with Crippen LogP contribution in [0.5, 0.6) is 5.75 Å². The largest absolute Gasteiger partial charge is 0.491 e. The third-order valence-electron chi connectivity index (χ3n) is 6.05. The molecule has 10 nitrogen and oxygen atoms in total. The summed E-state index contributed by atoms with van der Waals surface area (Å²) in [7, 11) is 0. The van der Waals surface area contributed by atoms with Crippen LogP contribution in [0, 0.1) is 0 Å². The normalized spacial score (nSPS) is 15.5. The standard InChI is InChI=1S/C31H39NO9/c1-31(2,3)41-30(36)32-27(33)16-15-26(29(32)35)24-11-13-25(14-12-24)39-21-20-38-19-18-37-17-7-10-28(34)40-22-23-8-5-4-6-9-23/h4-6,8-9,11-14,26H,7,10,15-22H2,1-3H3. The van der Waals surface area contributed by atoms with E-state index in [2.05, 4.69) is 0 Å². The van der Waals surface area contributed by atoms with Gasteiger partial charge >= 0.3 is 12.1 Å². The number of esters is 1. The van der Waals surface area contributed by atoms with Gasteiger partial charge in [-0.3, -0.25) is 14.4 Å². The average Bonchev–Trinajstić information content (AvgIpc) is 2.93. The summed E-state index contributed by atoms with van der Waals surface area (Å²) < 4.78 is 27.2. The highest BCUT2D eigenvalue weighted by Gasteiger charge is 2.41. The van der Waals surface area contributed by atoms with Crippen LogP contribution in [0.4, 0.5) is 4.79 Å². The Morgan fingerprint density at radius 3 is 2.22 bits per heavy atom. The summed E-state index contributed by atoms with van der Waals surface area (Å²) in [6.45, 7) is 7.25. The van der Waals surface area contributed by atoms with Gasteiger partial charge in [-0.2, -0.15) is 4.90 Å². The van der Waals surface area contributed by atoms with Crippen LogP contribution in [0.25, 0.3) is 0 Å². The summed E-state index contributed by atoms with van der Waals surface area (Å²) in [5, 5.41) is 0. The lowest BCUT2D eigenvalue weighted by Gasteiger charge is -2.31. The molecule has 41 heavy (non-hydrogen) atoms. The third-order valence-corrected chi connectivity index (χ3v) is 6.05. The van der Waals surface area contributed by atoms with Gasteiger partial charge < -0.3 is 23.7 Å². The number of carbonyl (C=O) groups excluding carboxylic acids is 4. The first-order chi connectivity index (χ1) is 19.6. The van der Waals surface area contributed by atoms with Crippen LogP contribution in [-0.2, 0) is 39.9 Å².